The normalized spacial score (nSPS) is 19.5. The highest BCUT2D eigenvalue weighted by Gasteiger charge is 2.19. The van der Waals surface area contributed by atoms with Gasteiger partial charge in [0.25, 0.3) is 0 Å². The summed E-state index contributed by atoms with van der Waals surface area (Å²) < 4.78 is 26.9. The molecule has 1 aliphatic carbocycles. The molecule has 0 spiro atoms. The Morgan fingerprint density at radius 2 is 2.16 bits per heavy atom. The Balaban J connectivity index is 2.07. The lowest BCUT2D eigenvalue weighted by atomic mass is 9.95. The van der Waals surface area contributed by atoms with Crippen LogP contribution in [0.3, 0.4) is 0 Å². The average Bonchev–Trinajstić information content (AvgIpc) is 2.37. The van der Waals surface area contributed by atoms with Gasteiger partial charge in [0, 0.05) is 11.6 Å². The number of anilines is 1. The molecule has 3 N–H and O–H groups in total. The van der Waals surface area contributed by atoms with Crippen molar-refractivity contribution in [2.45, 2.75) is 24.2 Å². The van der Waals surface area contributed by atoms with Crippen LogP contribution < -0.4 is 10.5 Å². The molecule has 6 heteroatoms. The average molecular weight is 301 g/mol. The minimum atomic E-state index is -3.56. The second-order valence-corrected chi connectivity index (χ2v) is 6.86. The molecule has 1 aliphatic rings. The van der Waals surface area contributed by atoms with Crippen LogP contribution in [0.2, 0.25) is 5.02 Å². The van der Waals surface area contributed by atoms with Gasteiger partial charge in [0.2, 0.25) is 10.0 Å². The Hall–Kier alpha value is -1.04. The van der Waals surface area contributed by atoms with E-state index in [1.165, 1.54) is 18.2 Å². The fourth-order valence-corrected chi connectivity index (χ4v) is 3.52. The van der Waals surface area contributed by atoms with Gasteiger partial charge < -0.3 is 5.73 Å². The number of nitrogens with two attached hydrogens (primary N) is 1. The standard InChI is InChI=1S/C13H17ClN2O2S/c14-11-6-7-13(12(15)8-11)19(17,18)16-9-10-4-2-1-3-5-10/h1-2,6-8,10,16H,3-5,9,15H2. The highest BCUT2D eigenvalue weighted by molar-refractivity contribution is 7.89. The predicted molar refractivity (Wildman–Crippen MR) is 77.5 cm³/mol. The molecule has 1 atom stereocenters. The molecule has 0 heterocycles. The zero-order valence-electron chi connectivity index (χ0n) is 10.5. The van der Waals surface area contributed by atoms with Crippen molar-refractivity contribution in [3.63, 3.8) is 0 Å². The molecule has 0 fully saturated rings. The molecular formula is C13H17ClN2O2S. The quantitative estimate of drug-likeness (QED) is 0.663. The van der Waals surface area contributed by atoms with Gasteiger partial charge in [0.1, 0.15) is 4.90 Å². The van der Waals surface area contributed by atoms with Crippen LogP contribution in [0.4, 0.5) is 5.69 Å². The first-order valence-electron chi connectivity index (χ1n) is 6.19. The van der Waals surface area contributed by atoms with Crippen molar-refractivity contribution < 1.29 is 8.42 Å². The third kappa shape index (κ3) is 3.72. The molecule has 0 amide bonds. The Morgan fingerprint density at radius 3 is 2.79 bits per heavy atom. The van der Waals surface area contributed by atoms with Crippen LogP contribution in [-0.4, -0.2) is 15.0 Å². The third-order valence-corrected chi connectivity index (χ3v) is 4.93. The highest BCUT2D eigenvalue weighted by atomic mass is 35.5. The minimum Gasteiger partial charge on any atom is -0.398 e. The summed E-state index contributed by atoms with van der Waals surface area (Å²) in [5.74, 6) is 0.355. The van der Waals surface area contributed by atoms with E-state index in [1.54, 1.807) is 0 Å². The summed E-state index contributed by atoms with van der Waals surface area (Å²) in [5, 5.41) is 0.425. The molecule has 1 aromatic carbocycles. The summed E-state index contributed by atoms with van der Waals surface area (Å²) in [6.07, 6.45) is 7.16. The fourth-order valence-electron chi connectivity index (χ4n) is 2.11. The summed E-state index contributed by atoms with van der Waals surface area (Å²) in [6, 6.07) is 4.40. The van der Waals surface area contributed by atoms with Crippen molar-refractivity contribution in [1.29, 1.82) is 0 Å². The summed E-state index contributed by atoms with van der Waals surface area (Å²) in [6.45, 7) is 0.439. The lowest BCUT2D eigenvalue weighted by molar-refractivity contribution is 0.468. The second kappa shape index (κ2) is 5.94. The summed E-state index contributed by atoms with van der Waals surface area (Å²) in [5.41, 5.74) is 5.87. The molecule has 2 rings (SSSR count). The van der Waals surface area contributed by atoms with E-state index in [9.17, 15) is 8.42 Å². The van der Waals surface area contributed by atoms with Gasteiger partial charge in [-0.05, 0) is 43.4 Å². The van der Waals surface area contributed by atoms with Crippen LogP contribution in [0, 0.1) is 5.92 Å². The molecule has 104 valence electrons. The minimum absolute atomic E-state index is 0.0863. The Kier molecular flexibility index (Phi) is 4.50. The van der Waals surface area contributed by atoms with Crippen molar-refractivity contribution in [1.82, 2.24) is 4.72 Å². The lowest BCUT2D eigenvalue weighted by Crippen LogP contribution is -2.30. The molecule has 0 bridgehead atoms. The zero-order chi connectivity index (χ0) is 13.9. The van der Waals surface area contributed by atoms with Crippen LogP contribution in [0.15, 0.2) is 35.2 Å². The molecule has 4 nitrogen and oxygen atoms in total. The van der Waals surface area contributed by atoms with Crippen molar-refractivity contribution in [2.24, 2.45) is 5.92 Å². The van der Waals surface area contributed by atoms with Gasteiger partial charge in [0.15, 0.2) is 0 Å². The SMILES string of the molecule is Nc1cc(Cl)ccc1S(=O)(=O)NCC1CC=CCC1. The first kappa shape index (κ1) is 14.4. The number of rotatable bonds is 4. The molecule has 1 aromatic rings. The highest BCUT2D eigenvalue weighted by Crippen LogP contribution is 2.23. The summed E-state index contributed by atoms with van der Waals surface area (Å²) in [7, 11) is -3.56. The summed E-state index contributed by atoms with van der Waals surface area (Å²) >= 11 is 5.76. The largest absolute Gasteiger partial charge is 0.398 e. The van der Waals surface area contributed by atoms with E-state index in [-0.39, 0.29) is 10.6 Å². The van der Waals surface area contributed by atoms with Gasteiger partial charge >= 0.3 is 0 Å². The number of halogens is 1. The van der Waals surface area contributed by atoms with Gasteiger partial charge in [-0.3, -0.25) is 0 Å². The molecular weight excluding hydrogens is 284 g/mol. The Labute approximate surface area is 118 Å². The van der Waals surface area contributed by atoms with Gasteiger partial charge in [-0.2, -0.15) is 0 Å². The number of hydrogen-bond donors (Lipinski definition) is 2. The monoisotopic (exact) mass is 300 g/mol. The topological polar surface area (TPSA) is 72.2 Å². The zero-order valence-corrected chi connectivity index (χ0v) is 12.0. The van der Waals surface area contributed by atoms with Gasteiger partial charge in [-0.25, -0.2) is 13.1 Å². The Bertz CT molecular complexity index is 584. The van der Waals surface area contributed by atoms with Crippen LogP contribution in [-0.2, 0) is 10.0 Å². The molecule has 1 unspecified atom stereocenters. The maximum atomic E-state index is 12.2. The lowest BCUT2D eigenvalue weighted by Gasteiger charge is -2.18. The van der Waals surface area contributed by atoms with E-state index < -0.39 is 10.0 Å². The van der Waals surface area contributed by atoms with Crippen LogP contribution in [0.1, 0.15) is 19.3 Å². The van der Waals surface area contributed by atoms with Gasteiger partial charge in [-0.15, -0.1) is 0 Å². The van der Waals surface area contributed by atoms with Crippen molar-refractivity contribution in [2.75, 3.05) is 12.3 Å². The molecule has 0 aliphatic heterocycles. The molecule has 0 saturated carbocycles. The first-order valence-corrected chi connectivity index (χ1v) is 8.05. The molecule has 19 heavy (non-hydrogen) atoms. The molecule has 0 radical (unpaired) electrons. The Morgan fingerprint density at radius 1 is 1.37 bits per heavy atom. The second-order valence-electron chi connectivity index (χ2n) is 4.68. The number of nitrogens with one attached hydrogen (secondary N) is 1. The molecule has 0 saturated heterocycles. The third-order valence-electron chi connectivity index (χ3n) is 3.20. The van der Waals surface area contributed by atoms with Crippen LogP contribution in [0.25, 0.3) is 0 Å². The van der Waals surface area contributed by atoms with E-state index in [2.05, 4.69) is 16.9 Å². The number of hydrogen-bond acceptors (Lipinski definition) is 3. The number of allylic oxidation sites excluding steroid dienone is 2. The fraction of sp³-hybridized carbons (Fsp3) is 0.385. The molecule has 0 aromatic heterocycles. The maximum Gasteiger partial charge on any atom is 0.242 e. The predicted octanol–water partition coefficient (Wildman–Crippen LogP) is 2.56. The van der Waals surface area contributed by atoms with Crippen molar-refractivity contribution in [3.05, 3.63) is 35.4 Å². The van der Waals surface area contributed by atoms with E-state index in [4.69, 9.17) is 17.3 Å². The number of nitrogen functional groups attached to an aromatic ring is 1. The van der Waals surface area contributed by atoms with Gasteiger partial charge in [0.05, 0.1) is 5.69 Å². The van der Waals surface area contributed by atoms with E-state index in [1.807, 2.05) is 0 Å². The summed E-state index contributed by atoms with van der Waals surface area (Å²) in [4.78, 5) is 0.0863. The first-order chi connectivity index (χ1) is 8.99. The van der Waals surface area contributed by atoms with Crippen LogP contribution in [0.5, 0.6) is 0 Å². The smallest absolute Gasteiger partial charge is 0.242 e. The van der Waals surface area contributed by atoms with Crippen molar-refractivity contribution in [3.8, 4) is 0 Å². The maximum absolute atomic E-state index is 12.2. The van der Waals surface area contributed by atoms with Gasteiger partial charge in [-0.1, -0.05) is 23.8 Å². The number of benzene rings is 1. The van der Waals surface area contributed by atoms with Crippen LogP contribution >= 0.6 is 11.6 Å². The van der Waals surface area contributed by atoms with E-state index in [0.29, 0.717) is 17.5 Å². The van der Waals surface area contributed by atoms with E-state index in [0.717, 1.165) is 19.3 Å². The van der Waals surface area contributed by atoms with E-state index >= 15 is 0 Å². The van der Waals surface area contributed by atoms with Crippen molar-refractivity contribution >= 4 is 27.3 Å². The number of sulfonamides is 1.